The fourth-order valence-electron chi connectivity index (χ4n) is 1.47. The summed E-state index contributed by atoms with van der Waals surface area (Å²) in [5, 5.41) is 0. The highest BCUT2D eigenvalue weighted by Crippen LogP contribution is 2.31. The maximum atomic E-state index is 5.70. The van der Waals surface area contributed by atoms with E-state index in [0.717, 1.165) is 27.3 Å². The van der Waals surface area contributed by atoms with Crippen molar-refractivity contribution in [1.29, 1.82) is 0 Å². The lowest BCUT2D eigenvalue weighted by Crippen LogP contribution is -1.89. The molecule has 4 heteroatoms. The van der Waals surface area contributed by atoms with Crippen molar-refractivity contribution < 1.29 is 0 Å². The van der Waals surface area contributed by atoms with Gasteiger partial charge in [-0.1, -0.05) is 6.07 Å². The van der Waals surface area contributed by atoms with Gasteiger partial charge >= 0.3 is 0 Å². The van der Waals surface area contributed by atoms with Crippen molar-refractivity contribution in [2.45, 2.75) is 17.6 Å². The van der Waals surface area contributed by atoms with Gasteiger partial charge in [0.2, 0.25) is 0 Å². The maximum absolute atomic E-state index is 5.70. The first kappa shape index (κ1) is 12.5. The minimum absolute atomic E-state index is 0.773. The summed E-state index contributed by atoms with van der Waals surface area (Å²) in [6.45, 7) is 2.01. The van der Waals surface area contributed by atoms with Crippen LogP contribution in [0.1, 0.15) is 11.4 Å². The first-order chi connectivity index (χ1) is 8.15. The number of aromatic nitrogens is 1. The minimum atomic E-state index is 0.773. The molecule has 0 aliphatic heterocycles. The first-order valence-corrected chi connectivity index (χ1v) is 7.03. The topological polar surface area (TPSA) is 38.9 Å². The summed E-state index contributed by atoms with van der Waals surface area (Å²) in [5.74, 6) is 0.865. The molecule has 1 heterocycles. The third kappa shape index (κ3) is 3.48. The number of benzene rings is 1. The van der Waals surface area contributed by atoms with E-state index >= 15 is 0 Å². The van der Waals surface area contributed by atoms with Crippen LogP contribution in [-0.4, -0.2) is 4.98 Å². The second-order valence-corrected chi connectivity index (χ2v) is 5.62. The van der Waals surface area contributed by atoms with Gasteiger partial charge in [0.05, 0.1) is 5.69 Å². The fraction of sp³-hybridized carbons (Fsp3) is 0.154. The quantitative estimate of drug-likeness (QED) is 0.687. The standard InChI is InChI=1S/C13H13BrN2S/c1-9-3-2-4-11(16-9)8-17-13-6-5-10(15)7-12(13)14/h2-7H,8,15H2,1H3. The lowest BCUT2D eigenvalue weighted by atomic mass is 10.3. The summed E-state index contributed by atoms with van der Waals surface area (Å²) < 4.78 is 1.04. The molecule has 0 bridgehead atoms. The Balaban J connectivity index is 2.07. The van der Waals surface area contributed by atoms with E-state index in [4.69, 9.17) is 5.73 Å². The highest BCUT2D eigenvalue weighted by atomic mass is 79.9. The van der Waals surface area contributed by atoms with Crippen LogP contribution in [-0.2, 0) is 5.75 Å². The van der Waals surface area contributed by atoms with Crippen LogP contribution in [0.2, 0.25) is 0 Å². The summed E-state index contributed by atoms with van der Waals surface area (Å²) in [5.41, 5.74) is 8.63. The Hall–Kier alpha value is -1.000. The van der Waals surface area contributed by atoms with Gasteiger partial charge in [0, 0.05) is 26.5 Å². The van der Waals surface area contributed by atoms with Gasteiger partial charge in [-0.3, -0.25) is 4.98 Å². The Morgan fingerprint density at radius 2 is 2.12 bits per heavy atom. The molecule has 0 radical (unpaired) electrons. The Bertz CT molecular complexity index is 529. The lowest BCUT2D eigenvalue weighted by molar-refractivity contribution is 1.10. The zero-order chi connectivity index (χ0) is 12.3. The van der Waals surface area contributed by atoms with Crippen molar-refractivity contribution in [2.24, 2.45) is 0 Å². The third-order valence-corrected chi connectivity index (χ3v) is 4.30. The molecule has 0 atom stereocenters. The molecule has 0 unspecified atom stereocenters. The van der Waals surface area contributed by atoms with Crippen LogP contribution in [0.15, 0.2) is 45.8 Å². The Morgan fingerprint density at radius 3 is 2.82 bits per heavy atom. The molecule has 1 aromatic carbocycles. The van der Waals surface area contributed by atoms with Crippen LogP contribution in [0.3, 0.4) is 0 Å². The van der Waals surface area contributed by atoms with E-state index in [0.29, 0.717) is 0 Å². The molecule has 88 valence electrons. The Morgan fingerprint density at radius 1 is 1.29 bits per heavy atom. The van der Waals surface area contributed by atoms with Gasteiger partial charge in [0.1, 0.15) is 0 Å². The van der Waals surface area contributed by atoms with Crippen LogP contribution in [0.25, 0.3) is 0 Å². The van der Waals surface area contributed by atoms with Crippen molar-refractivity contribution >= 4 is 33.4 Å². The second-order valence-electron chi connectivity index (χ2n) is 3.75. The van der Waals surface area contributed by atoms with Gasteiger partial charge in [-0.25, -0.2) is 0 Å². The fourth-order valence-corrected chi connectivity index (χ4v) is 3.03. The zero-order valence-corrected chi connectivity index (χ0v) is 11.9. The van der Waals surface area contributed by atoms with Gasteiger partial charge < -0.3 is 5.73 Å². The van der Waals surface area contributed by atoms with Crippen molar-refractivity contribution in [3.8, 4) is 0 Å². The van der Waals surface area contributed by atoms with Gasteiger partial charge in [-0.15, -0.1) is 11.8 Å². The minimum Gasteiger partial charge on any atom is -0.399 e. The molecule has 2 N–H and O–H groups in total. The number of anilines is 1. The number of nitrogen functional groups attached to an aromatic ring is 1. The van der Waals surface area contributed by atoms with Gasteiger partial charge in [0.25, 0.3) is 0 Å². The number of hydrogen-bond donors (Lipinski definition) is 1. The molecule has 2 aromatic rings. The molecule has 0 saturated heterocycles. The Labute approximate surface area is 114 Å². The van der Waals surface area contributed by atoms with Crippen molar-refractivity contribution in [3.63, 3.8) is 0 Å². The van der Waals surface area contributed by atoms with E-state index in [1.54, 1.807) is 11.8 Å². The third-order valence-electron chi connectivity index (χ3n) is 2.28. The predicted molar refractivity (Wildman–Crippen MR) is 77.1 cm³/mol. The maximum Gasteiger partial charge on any atom is 0.0509 e. The molecule has 1 aromatic heterocycles. The number of nitrogens with zero attached hydrogens (tertiary/aromatic N) is 1. The van der Waals surface area contributed by atoms with E-state index in [1.807, 2.05) is 43.3 Å². The summed E-state index contributed by atoms with van der Waals surface area (Å²) in [4.78, 5) is 5.66. The van der Waals surface area contributed by atoms with Crippen molar-refractivity contribution in [1.82, 2.24) is 4.98 Å². The summed E-state index contributed by atoms with van der Waals surface area (Å²) in [7, 11) is 0. The van der Waals surface area contributed by atoms with Gasteiger partial charge in [-0.2, -0.15) is 0 Å². The molecular weight excluding hydrogens is 296 g/mol. The van der Waals surface area contributed by atoms with Crippen LogP contribution in [0.5, 0.6) is 0 Å². The molecule has 0 fully saturated rings. The summed E-state index contributed by atoms with van der Waals surface area (Å²) in [6.07, 6.45) is 0. The van der Waals surface area contributed by atoms with Crippen molar-refractivity contribution in [2.75, 3.05) is 5.73 Å². The van der Waals surface area contributed by atoms with Crippen LogP contribution >= 0.6 is 27.7 Å². The molecule has 0 amide bonds. The molecule has 0 spiro atoms. The molecular formula is C13H13BrN2S. The molecule has 0 saturated carbocycles. The van der Waals surface area contributed by atoms with Crippen LogP contribution < -0.4 is 5.73 Å². The largest absolute Gasteiger partial charge is 0.399 e. The van der Waals surface area contributed by atoms with E-state index in [1.165, 1.54) is 4.90 Å². The average Bonchev–Trinajstić information content (AvgIpc) is 2.28. The highest BCUT2D eigenvalue weighted by Gasteiger charge is 2.02. The van der Waals surface area contributed by atoms with Crippen LogP contribution in [0.4, 0.5) is 5.69 Å². The van der Waals surface area contributed by atoms with E-state index in [2.05, 4.69) is 20.9 Å². The number of halogens is 1. The van der Waals surface area contributed by atoms with E-state index in [9.17, 15) is 0 Å². The lowest BCUT2D eigenvalue weighted by Gasteiger charge is -2.05. The normalized spacial score (nSPS) is 10.5. The zero-order valence-electron chi connectivity index (χ0n) is 9.48. The Kier molecular flexibility index (Phi) is 4.07. The van der Waals surface area contributed by atoms with E-state index in [-0.39, 0.29) is 0 Å². The SMILES string of the molecule is Cc1cccc(CSc2ccc(N)cc2Br)n1. The van der Waals surface area contributed by atoms with Crippen molar-refractivity contribution in [3.05, 3.63) is 52.3 Å². The molecule has 0 aliphatic rings. The predicted octanol–water partition coefficient (Wildman–Crippen LogP) is 4.03. The molecule has 0 aliphatic carbocycles. The number of rotatable bonds is 3. The van der Waals surface area contributed by atoms with Gasteiger partial charge in [0.15, 0.2) is 0 Å². The monoisotopic (exact) mass is 308 g/mol. The van der Waals surface area contributed by atoms with Crippen LogP contribution in [0, 0.1) is 6.92 Å². The molecule has 17 heavy (non-hydrogen) atoms. The number of pyridine rings is 1. The smallest absolute Gasteiger partial charge is 0.0509 e. The average molecular weight is 309 g/mol. The summed E-state index contributed by atoms with van der Waals surface area (Å²) in [6, 6.07) is 12.0. The molecule has 2 rings (SSSR count). The summed E-state index contributed by atoms with van der Waals surface area (Å²) >= 11 is 5.27. The van der Waals surface area contributed by atoms with Gasteiger partial charge in [-0.05, 0) is 53.2 Å². The second kappa shape index (κ2) is 5.56. The number of aryl methyl sites for hydroxylation is 1. The number of thioether (sulfide) groups is 1. The van der Waals surface area contributed by atoms with E-state index < -0.39 is 0 Å². The molecule has 2 nitrogen and oxygen atoms in total. The number of nitrogens with two attached hydrogens (primary N) is 1. The number of hydrogen-bond acceptors (Lipinski definition) is 3. The first-order valence-electron chi connectivity index (χ1n) is 5.25. The highest BCUT2D eigenvalue weighted by molar-refractivity contribution is 9.10.